The average Bonchev–Trinajstić information content (AvgIpc) is 3.19. The molecule has 3 aromatic rings. The van der Waals surface area contributed by atoms with Crippen LogP contribution in [-0.2, 0) is 6.54 Å². The van der Waals surface area contributed by atoms with E-state index < -0.39 is 0 Å². The van der Waals surface area contributed by atoms with Gasteiger partial charge < -0.3 is 15.4 Å². The monoisotopic (exact) mass is 401 g/mol. The van der Waals surface area contributed by atoms with Crippen LogP contribution in [0.15, 0.2) is 36.7 Å². The van der Waals surface area contributed by atoms with Crippen LogP contribution in [0, 0.1) is 18.3 Å². The maximum atomic E-state index is 9.34. The van der Waals surface area contributed by atoms with Crippen LogP contribution in [0.25, 0.3) is 11.4 Å². The molecule has 1 saturated heterocycles. The Morgan fingerprint density at radius 3 is 2.70 bits per heavy atom. The number of anilines is 1. The van der Waals surface area contributed by atoms with Crippen LogP contribution in [0.1, 0.15) is 36.7 Å². The van der Waals surface area contributed by atoms with Gasteiger partial charge in [-0.3, -0.25) is 0 Å². The van der Waals surface area contributed by atoms with Crippen LogP contribution in [0.2, 0.25) is 0 Å². The summed E-state index contributed by atoms with van der Waals surface area (Å²) in [5.74, 6) is 2.86. The number of hydrogen-bond donors (Lipinski definition) is 1. The molecule has 0 amide bonds. The minimum atomic E-state index is 0.370. The first-order chi connectivity index (χ1) is 14.6. The number of aromatic nitrogens is 4. The minimum Gasteiger partial charge on any atom is -0.438 e. The molecule has 2 N–H and O–H groups in total. The van der Waals surface area contributed by atoms with Crippen LogP contribution in [-0.4, -0.2) is 32.5 Å². The first kappa shape index (κ1) is 19.7. The van der Waals surface area contributed by atoms with Crippen LogP contribution in [0.5, 0.6) is 11.6 Å². The van der Waals surface area contributed by atoms with Gasteiger partial charge in [-0.25, -0.2) is 15.0 Å². The van der Waals surface area contributed by atoms with Gasteiger partial charge in [-0.05, 0) is 44.9 Å². The summed E-state index contributed by atoms with van der Waals surface area (Å²) in [6, 6.07) is 9.58. The largest absolute Gasteiger partial charge is 0.438 e. The summed E-state index contributed by atoms with van der Waals surface area (Å²) in [6.07, 6.45) is 5.66. The van der Waals surface area contributed by atoms with Crippen molar-refractivity contribution in [1.29, 1.82) is 5.26 Å². The zero-order valence-corrected chi connectivity index (χ0v) is 17.0. The molecule has 30 heavy (non-hydrogen) atoms. The van der Waals surface area contributed by atoms with E-state index in [-0.39, 0.29) is 0 Å². The van der Waals surface area contributed by atoms with Crippen molar-refractivity contribution >= 4 is 5.82 Å². The van der Waals surface area contributed by atoms with Gasteiger partial charge in [0, 0.05) is 43.2 Å². The third-order valence-electron chi connectivity index (χ3n) is 5.16. The Balaban J connectivity index is 1.71. The normalized spacial score (nSPS) is 15.8. The van der Waals surface area contributed by atoms with E-state index in [4.69, 9.17) is 10.5 Å². The summed E-state index contributed by atoms with van der Waals surface area (Å²) in [5, 5.41) is 9.34. The minimum absolute atomic E-state index is 0.370. The molecular formula is C22H23N7O. The smallest absolute Gasteiger partial charge is 0.224 e. The van der Waals surface area contributed by atoms with Crippen molar-refractivity contribution in [3.63, 3.8) is 0 Å². The molecule has 2 aromatic heterocycles. The maximum absolute atomic E-state index is 9.34. The van der Waals surface area contributed by atoms with Crippen molar-refractivity contribution in [2.24, 2.45) is 5.73 Å². The van der Waals surface area contributed by atoms with E-state index >= 15 is 0 Å². The summed E-state index contributed by atoms with van der Waals surface area (Å²) in [5.41, 5.74) is 7.63. The topological polar surface area (TPSA) is 114 Å². The molecule has 0 spiro atoms. The zero-order valence-electron chi connectivity index (χ0n) is 17.0. The van der Waals surface area contributed by atoms with Gasteiger partial charge in [0.2, 0.25) is 5.88 Å². The third-order valence-corrected chi connectivity index (χ3v) is 5.16. The fraction of sp³-hybridized carbons (Fsp3) is 0.318. The van der Waals surface area contributed by atoms with E-state index in [2.05, 4.69) is 37.8 Å². The molecule has 8 nitrogen and oxygen atoms in total. The van der Waals surface area contributed by atoms with Gasteiger partial charge in [-0.15, -0.1) is 0 Å². The summed E-state index contributed by atoms with van der Waals surface area (Å²) < 4.78 is 6.15. The van der Waals surface area contributed by atoms with E-state index in [0.29, 0.717) is 47.0 Å². The lowest BCUT2D eigenvalue weighted by Crippen LogP contribution is -2.27. The highest BCUT2D eigenvalue weighted by Gasteiger charge is 2.23. The van der Waals surface area contributed by atoms with E-state index in [0.717, 1.165) is 30.8 Å². The summed E-state index contributed by atoms with van der Waals surface area (Å²) in [7, 11) is 0. The molecule has 1 aromatic carbocycles. The van der Waals surface area contributed by atoms with Crippen molar-refractivity contribution in [2.75, 3.05) is 11.4 Å². The second-order valence-electron chi connectivity index (χ2n) is 7.34. The number of benzene rings is 1. The maximum Gasteiger partial charge on any atom is 0.224 e. The van der Waals surface area contributed by atoms with Gasteiger partial charge in [0.25, 0.3) is 0 Å². The van der Waals surface area contributed by atoms with Gasteiger partial charge in [0.05, 0.1) is 17.2 Å². The molecule has 1 atom stereocenters. The molecule has 0 aliphatic carbocycles. The Labute approximate surface area is 175 Å². The molecule has 4 rings (SSSR count). The highest BCUT2D eigenvalue weighted by atomic mass is 16.5. The SMILES string of the molecule is Cc1nc(Oc2cc(C#N)ccc2-c2ncc(CN)cn2)cc(N2CCC[C@H]2C)n1. The van der Waals surface area contributed by atoms with Crippen molar-refractivity contribution in [3.05, 3.63) is 53.6 Å². The van der Waals surface area contributed by atoms with Crippen molar-refractivity contribution in [2.45, 2.75) is 39.3 Å². The summed E-state index contributed by atoms with van der Waals surface area (Å²) in [6.45, 7) is 5.38. The molecule has 1 aliphatic rings. The van der Waals surface area contributed by atoms with Crippen molar-refractivity contribution in [3.8, 4) is 29.1 Å². The van der Waals surface area contributed by atoms with Crippen LogP contribution < -0.4 is 15.4 Å². The Kier molecular flexibility index (Phi) is 5.55. The van der Waals surface area contributed by atoms with Crippen LogP contribution in [0.3, 0.4) is 0 Å². The molecule has 8 heteroatoms. The predicted octanol–water partition coefficient (Wildman–Crippen LogP) is 3.35. The van der Waals surface area contributed by atoms with E-state index in [9.17, 15) is 5.26 Å². The molecular weight excluding hydrogens is 378 g/mol. The van der Waals surface area contributed by atoms with Gasteiger partial charge in [0.1, 0.15) is 17.4 Å². The van der Waals surface area contributed by atoms with Gasteiger partial charge >= 0.3 is 0 Å². The highest BCUT2D eigenvalue weighted by molar-refractivity contribution is 5.66. The molecule has 3 heterocycles. The van der Waals surface area contributed by atoms with Gasteiger partial charge in [-0.2, -0.15) is 10.2 Å². The second-order valence-corrected chi connectivity index (χ2v) is 7.34. The van der Waals surface area contributed by atoms with E-state index in [1.165, 1.54) is 0 Å². The van der Waals surface area contributed by atoms with Gasteiger partial charge in [0.15, 0.2) is 5.82 Å². The lowest BCUT2D eigenvalue weighted by molar-refractivity contribution is 0.460. The number of nitriles is 1. The molecule has 0 bridgehead atoms. The molecule has 0 unspecified atom stereocenters. The van der Waals surface area contributed by atoms with Crippen LogP contribution in [0.4, 0.5) is 5.82 Å². The fourth-order valence-corrected chi connectivity index (χ4v) is 3.57. The Morgan fingerprint density at radius 1 is 1.23 bits per heavy atom. The molecule has 1 aliphatic heterocycles. The standard InChI is InChI=1S/C22H23N7O/c1-14-4-3-7-29(14)20-9-21(28-15(2)27-20)30-19-8-16(10-23)5-6-18(19)22-25-12-17(11-24)13-26-22/h5-6,8-9,12-14H,3-4,7,11,24H2,1-2H3/t14-/m1/s1. The number of hydrogen-bond acceptors (Lipinski definition) is 8. The molecule has 152 valence electrons. The number of ether oxygens (including phenoxy) is 1. The average molecular weight is 401 g/mol. The van der Waals surface area contributed by atoms with E-state index in [1.54, 1.807) is 30.6 Å². The number of nitrogens with two attached hydrogens (primary N) is 1. The number of rotatable bonds is 5. The lowest BCUT2D eigenvalue weighted by atomic mass is 10.1. The molecule has 0 radical (unpaired) electrons. The quantitative estimate of drug-likeness (QED) is 0.692. The third kappa shape index (κ3) is 4.07. The summed E-state index contributed by atoms with van der Waals surface area (Å²) >= 11 is 0. The number of aryl methyl sites for hydroxylation is 1. The lowest BCUT2D eigenvalue weighted by Gasteiger charge is -2.23. The Bertz CT molecular complexity index is 1090. The first-order valence-electron chi connectivity index (χ1n) is 9.93. The predicted molar refractivity (Wildman–Crippen MR) is 113 cm³/mol. The highest BCUT2D eigenvalue weighted by Crippen LogP contribution is 2.33. The molecule has 1 fully saturated rings. The zero-order chi connectivity index (χ0) is 21.1. The fourth-order valence-electron chi connectivity index (χ4n) is 3.57. The number of nitrogens with zero attached hydrogens (tertiary/aromatic N) is 6. The first-order valence-corrected chi connectivity index (χ1v) is 9.93. The van der Waals surface area contributed by atoms with Crippen molar-refractivity contribution in [1.82, 2.24) is 19.9 Å². The Morgan fingerprint density at radius 2 is 2.03 bits per heavy atom. The van der Waals surface area contributed by atoms with Crippen LogP contribution >= 0.6 is 0 Å². The Hall–Kier alpha value is -3.57. The molecule has 0 saturated carbocycles. The van der Waals surface area contributed by atoms with Gasteiger partial charge in [-0.1, -0.05) is 0 Å². The summed E-state index contributed by atoms with van der Waals surface area (Å²) in [4.78, 5) is 20.1. The van der Waals surface area contributed by atoms with Crippen molar-refractivity contribution < 1.29 is 4.74 Å². The second kappa shape index (κ2) is 8.43. The van der Waals surface area contributed by atoms with E-state index in [1.807, 2.05) is 13.0 Å².